The molecule has 1 aromatic heterocycles. The Hall–Kier alpha value is -0.540. The molecule has 0 saturated heterocycles. The number of aryl methyl sites for hydroxylation is 1. The van der Waals surface area contributed by atoms with E-state index in [1.807, 2.05) is 0 Å². The van der Waals surface area contributed by atoms with E-state index in [1.54, 1.807) is 6.20 Å². The third kappa shape index (κ3) is 4.22. The number of rotatable bonds is 9. The van der Waals surface area contributed by atoms with Crippen LogP contribution in [0.15, 0.2) is 6.20 Å². The van der Waals surface area contributed by atoms with Crippen molar-refractivity contribution < 1.29 is 0 Å². The summed E-state index contributed by atoms with van der Waals surface area (Å²) in [6, 6.07) is 0.668. The summed E-state index contributed by atoms with van der Waals surface area (Å²) in [6.07, 6.45) is 9.10. The van der Waals surface area contributed by atoms with Crippen LogP contribution in [0.2, 0.25) is 5.02 Å². The summed E-state index contributed by atoms with van der Waals surface area (Å²) in [6.45, 7) is 6.50. The molecule has 19 heavy (non-hydrogen) atoms. The summed E-state index contributed by atoms with van der Waals surface area (Å²) in [5, 5.41) is 8.89. The smallest absolute Gasteiger partial charge is 0.0817 e. The molecule has 2 rings (SSSR count). The average molecular weight is 284 g/mol. The molecule has 4 heteroatoms. The maximum Gasteiger partial charge on any atom is 0.0817 e. The molecule has 1 atom stereocenters. The van der Waals surface area contributed by atoms with Crippen LogP contribution in [-0.2, 0) is 13.0 Å². The van der Waals surface area contributed by atoms with Gasteiger partial charge in [-0.2, -0.15) is 5.10 Å². The van der Waals surface area contributed by atoms with Gasteiger partial charge in [0.05, 0.1) is 16.9 Å². The fourth-order valence-corrected chi connectivity index (χ4v) is 2.90. The number of hydrogen-bond acceptors (Lipinski definition) is 2. The van der Waals surface area contributed by atoms with Gasteiger partial charge in [-0.05, 0) is 51.0 Å². The molecule has 0 amide bonds. The van der Waals surface area contributed by atoms with Gasteiger partial charge in [-0.3, -0.25) is 4.68 Å². The lowest BCUT2D eigenvalue weighted by Gasteiger charge is -2.18. The van der Waals surface area contributed by atoms with E-state index in [0.29, 0.717) is 6.04 Å². The molecule has 1 heterocycles. The van der Waals surface area contributed by atoms with E-state index in [0.717, 1.165) is 36.9 Å². The maximum absolute atomic E-state index is 6.26. The fraction of sp³-hybridized carbons (Fsp3) is 0.800. The topological polar surface area (TPSA) is 29.9 Å². The third-order valence-corrected chi connectivity index (χ3v) is 4.19. The van der Waals surface area contributed by atoms with Crippen LogP contribution in [0.1, 0.15) is 51.6 Å². The maximum atomic E-state index is 6.26. The highest BCUT2D eigenvalue weighted by Crippen LogP contribution is 2.34. The summed E-state index contributed by atoms with van der Waals surface area (Å²) >= 11 is 6.26. The van der Waals surface area contributed by atoms with Crippen LogP contribution in [0.3, 0.4) is 0 Å². The van der Waals surface area contributed by atoms with Crippen LogP contribution in [0.5, 0.6) is 0 Å². The molecule has 0 aromatic carbocycles. The first kappa shape index (κ1) is 14.9. The molecular formula is C15H26ClN3. The van der Waals surface area contributed by atoms with E-state index in [2.05, 4.69) is 28.9 Å². The zero-order chi connectivity index (χ0) is 13.7. The third-order valence-electron chi connectivity index (χ3n) is 3.87. The minimum atomic E-state index is 0.668. The van der Waals surface area contributed by atoms with E-state index in [9.17, 15) is 0 Å². The van der Waals surface area contributed by atoms with Gasteiger partial charge in [0.25, 0.3) is 0 Å². The van der Waals surface area contributed by atoms with Crippen LogP contribution in [0.4, 0.5) is 0 Å². The second kappa shape index (κ2) is 7.30. The number of nitrogens with one attached hydrogen (secondary N) is 1. The van der Waals surface area contributed by atoms with E-state index >= 15 is 0 Å². The fourth-order valence-electron chi connectivity index (χ4n) is 2.67. The highest BCUT2D eigenvalue weighted by Gasteiger charge is 2.30. The van der Waals surface area contributed by atoms with Gasteiger partial charge in [0.2, 0.25) is 0 Å². The molecular weight excluding hydrogens is 258 g/mol. The van der Waals surface area contributed by atoms with Crippen molar-refractivity contribution in [3.05, 3.63) is 16.9 Å². The van der Waals surface area contributed by atoms with E-state index in [4.69, 9.17) is 11.6 Å². The lowest BCUT2D eigenvalue weighted by Crippen LogP contribution is -2.32. The predicted molar refractivity (Wildman–Crippen MR) is 80.7 cm³/mol. The largest absolute Gasteiger partial charge is 0.314 e. The number of nitrogens with zero attached hydrogens (tertiary/aromatic N) is 2. The molecule has 0 spiro atoms. The zero-order valence-corrected chi connectivity index (χ0v) is 12.9. The van der Waals surface area contributed by atoms with Gasteiger partial charge in [-0.15, -0.1) is 0 Å². The first-order valence-electron chi connectivity index (χ1n) is 7.69. The second-order valence-electron chi connectivity index (χ2n) is 5.60. The summed E-state index contributed by atoms with van der Waals surface area (Å²) < 4.78 is 2.08. The van der Waals surface area contributed by atoms with Crippen molar-refractivity contribution in [3.8, 4) is 0 Å². The van der Waals surface area contributed by atoms with Crippen molar-refractivity contribution in [1.82, 2.24) is 15.1 Å². The van der Waals surface area contributed by atoms with Gasteiger partial charge in [0, 0.05) is 12.6 Å². The van der Waals surface area contributed by atoms with Crippen LogP contribution >= 0.6 is 11.6 Å². The number of halogens is 1. The highest BCUT2D eigenvalue weighted by atomic mass is 35.5. The molecule has 1 N–H and O–H groups in total. The standard InChI is InChI=1S/C15H26ClN3/c1-3-9-17-14(12-5-6-12)7-8-15-13(16)11-18-19(15)10-4-2/h11-12,14,17H,3-10H2,1-2H3. The number of aromatic nitrogens is 2. The summed E-state index contributed by atoms with van der Waals surface area (Å²) in [7, 11) is 0. The lowest BCUT2D eigenvalue weighted by atomic mass is 10.0. The minimum absolute atomic E-state index is 0.668. The Balaban J connectivity index is 1.90. The molecule has 1 saturated carbocycles. The summed E-state index contributed by atoms with van der Waals surface area (Å²) in [5.74, 6) is 0.896. The lowest BCUT2D eigenvalue weighted by molar-refractivity contribution is 0.428. The Morgan fingerprint density at radius 2 is 2.21 bits per heavy atom. The Bertz CT molecular complexity index is 385. The highest BCUT2D eigenvalue weighted by molar-refractivity contribution is 6.31. The molecule has 1 fully saturated rings. The molecule has 0 radical (unpaired) electrons. The van der Waals surface area contributed by atoms with Gasteiger partial charge in [0.15, 0.2) is 0 Å². The van der Waals surface area contributed by atoms with Crippen molar-refractivity contribution >= 4 is 11.6 Å². The number of hydrogen-bond donors (Lipinski definition) is 1. The van der Waals surface area contributed by atoms with Crippen LogP contribution in [0.25, 0.3) is 0 Å². The van der Waals surface area contributed by atoms with Gasteiger partial charge in [0.1, 0.15) is 0 Å². The molecule has 108 valence electrons. The van der Waals surface area contributed by atoms with Gasteiger partial charge in [-0.1, -0.05) is 25.4 Å². The summed E-state index contributed by atoms with van der Waals surface area (Å²) in [5.41, 5.74) is 1.22. The predicted octanol–water partition coefficient (Wildman–Crippen LogP) is 3.66. The van der Waals surface area contributed by atoms with Gasteiger partial charge < -0.3 is 5.32 Å². The quantitative estimate of drug-likeness (QED) is 0.750. The van der Waals surface area contributed by atoms with E-state index in [1.165, 1.54) is 31.4 Å². The van der Waals surface area contributed by atoms with Gasteiger partial charge in [-0.25, -0.2) is 0 Å². The van der Waals surface area contributed by atoms with Crippen molar-refractivity contribution in [2.75, 3.05) is 6.54 Å². The van der Waals surface area contributed by atoms with E-state index in [-0.39, 0.29) is 0 Å². The Labute approximate surface area is 121 Å². The van der Waals surface area contributed by atoms with Crippen molar-refractivity contribution in [2.45, 2.75) is 65.0 Å². The molecule has 1 unspecified atom stereocenters. The van der Waals surface area contributed by atoms with Crippen LogP contribution in [-0.4, -0.2) is 22.4 Å². The molecule has 1 aliphatic rings. The molecule has 1 aromatic rings. The molecule has 1 aliphatic carbocycles. The molecule has 3 nitrogen and oxygen atoms in total. The second-order valence-corrected chi connectivity index (χ2v) is 6.01. The normalized spacial score (nSPS) is 16.8. The Morgan fingerprint density at radius 1 is 1.42 bits per heavy atom. The van der Waals surface area contributed by atoms with Crippen molar-refractivity contribution in [3.63, 3.8) is 0 Å². The average Bonchev–Trinajstić information content (AvgIpc) is 3.18. The minimum Gasteiger partial charge on any atom is -0.314 e. The first-order valence-corrected chi connectivity index (χ1v) is 8.07. The van der Waals surface area contributed by atoms with Crippen LogP contribution < -0.4 is 5.32 Å². The van der Waals surface area contributed by atoms with Crippen molar-refractivity contribution in [2.24, 2.45) is 5.92 Å². The Morgan fingerprint density at radius 3 is 2.84 bits per heavy atom. The Kier molecular flexibility index (Phi) is 5.71. The van der Waals surface area contributed by atoms with Gasteiger partial charge >= 0.3 is 0 Å². The SMILES string of the molecule is CCCNC(CCc1c(Cl)cnn1CCC)C1CC1. The van der Waals surface area contributed by atoms with E-state index < -0.39 is 0 Å². The summed E-state index contributed by atoms with van der Waals surface area (Å²) in [4.78, 5) is 0. The zero-order valence-electron chi connectivity index (χ0n) is 12.2. The monoisotopic (exact) mass is 283 g/mol. The molecule has 0 aliphatic heterocycles. The van der Waals surface area contributed by atoms with Crippen molar-refractivity contribution in [1.29, 1.82) is 0 Å². The molecule has 0 bridgehead atoms. The van der Waals surface area contributed by atoms with Crippen LogP contribution in [0, 0.1) is 5.92 Å². The first-order chi connectivity index (χ1) is 9.26.